The molecule has 1 aromatic rings. The zero-order valence-corrected chi connectivity index (χ0v) is 11.3. The predicted molar refractivity (Wildman–Crippen MR) is 67.8 cm³/mol. The van der Waals surface area contributed by atoms with Crippen LogP contribution in [0.25, 0.3) is 0 Å². The van der Waals surface area contributed by atoms with Gasteiger partial charge in [0.15, 0.2) is 11.5 Å². The van der Waals surface area contributed by atoms with Gasteiger partial charge < -0.3 is 19.9 Å². The molecule has 1 atom stereocenters. The minimum Gasteiger partial charge on any atom is -0.487 e. The van der Waals surface area contributed by atoms with Gasteiger partial charge in [-0.3, -0.25) is 0 Å². The van der Waals surface area contributed by atoms with Gasteiger partial charge in [0.2, 0.25) is 0 Å². The third kappa shape index (κ3) is 6.12. The highest BCUT2D eigenvalue weighted by Crippen LogP contribution is 2.32. The summed E-state index contributed by atoms with van der Waals surface area (Å²) in [5.41, 5.74) is -1.19. The number of nitrogens with one attached hydrogen (secondary N) is 1. The van der Waals surface area contributed by atoms with Crippen LogP contribution in [0.5, 0.6) is 11.5 Å². The molecule has 0 fully saturated rings. The first-order valence-corrected chi connectivity index (χ1v) is 6.14. The number of benzene rings is 1. The number of para-hydroxylation sites is 2. The molecule has 114 valence electrons. The minimum absolute atomic E-state index is 0.0680. The predicted octanol–water partition coefficient (Wildman–Crippen LogP) is 2.32. The van der Waals surface area contributed by atoms with Crippen LogP contribution in [0.15, 0.2) is 24.3 Å². The van der Waals surface area contributed by atoms with E-state index in [0.29, 0.717) is 6.54 Å². The van der Waals surface area contributed by atoms with Gasteiger partial charge >= 0.3 is 6.36 Å². The van der Waals surface area contributed by atoms with E-state index in [4.69, 9.17) is 4.74 Å². The third-order valence-electron chi connectivity index (χ3n) is 2.37. The number of halogens is 3. The Morgan fingerprint density at radius 2 is 1.80 bits per heavy atom. The van der Waals surface area contributed by atoms with Crippen molar-refractivity contribution in [3.63, 3.8) is 0 Å². The monoisotopic (exact) mass is 293 g/mol. The Morgan fingerprint density at radius 3 is 2.35 bits per heavy atom. The third-order valence-corrected chi connectivity index (χ3v) is 2.37. The summed E-state index contributed by atoms with van der Waals surface area (Å²) < 4.78 is 45.8. The van der Waals surface area contributed by atoms with E-state index in [-0.39, 0.29) is 18.9 Å². The second kappa shape index (κ2) is 6.81. The molecule has 7 heteroatoms. The summed E-state index contributed by atoms with van der Waals surface area (Å²) in [6.45, 7) is 4.19. The Bertz CT molecular complexity index is 422. The van der Waals surface area contributed by atoms with Crippen molar-refractivity contribution < 1.29 is 27.8 Å². The molecule has 2 N–H and O–H groups in total. The minimum atomic E-state index is -4.79. The summed E-state index contributed by atoms with van der Waals surface area (Å²) in [4.78, 5) is 0. The Labute approximate surface area is 115 Å². The van der Waals surface area contributed by atoms with Crippen molar-refractivity contribution in [1.82, 2.24) is 5.32 Å². The summed E-state index contributed by atoms with van der Waals surface area (Å²) in [6.07, 6.45) is -4.79. The Morgan fingerprint density at radius 1 is 1.20 bits per heavy atom. The van der Waals surface area contributed by atoms with Gasteiger partial charge in [0.25, 0.3) is 0 Å². The van der Waals surface area contributed by atoms with Crippen LogP contribution in [-0.2, 0) is 0 Å². The number of hydrogen-bond donors (Lipinski definition) is 2. The highest BCUT2D eigenvalue weighted by atomic mass is 19.4. The molecule has 0 amide bonds. The van der Waals surface area contributed by atoms with E-state index in [2.05, 4.69) is 10.1 Å². The Kier molecular flexibility index (Phi) is 5.64. The standard InChI is InChI=1S/C13H18F3NO3/c1-3-17-8-12(2,18)9-19-10-6-4-5-7-11(10)20-13(14,15)16/h4-7,17-18H,3,8-9H2,1-2H3. The summed E-state index contributed by atoms with van der Waals surface area (Å²) >= 11 is 0. The van der Waals surface area contributed by atoms with Crippen molar-refractivity contribution in [2.45, 2.75) is 25.8 Å². The van der Waals surface area contributed by atoms with E-state index in [1.807, 2.05) is 6.92 Å². The maximum Gasteiger partial charge on any atom is 0.573 e. The van der Waals surface area contributed by atoms with Crippen molar-refractivity contribution in [2.24, 2.45) is 0 Å². The lowest BCUT2D eigenvalue weighted by molar-refractivity contribution is -0.275. The van der Waals surface area contributed by atoms with E-state index >= 15 is 0 Å². The van der Waals surface area contributed by atoms with E-state index < -0.39 is 17.7 Å². The maximum atomic E-state index is 12.2. The van der Waals surface area contributed by atoms with Crippen LogP contribution in [0, 0.1) is 0 Å². The molecular weight excluding hydrogens is 275 g/mol. The summed E-state index contributed by atoms with van der Waals surface area (Å²) in [7, 11) is 0. The lowest BCUT2D eigenvalue weighted by Crippen LogP contribution is -2.42. The SMILES string of the molecule is CCNCC(C)(O)COc1ccccc1OC(F)(F)F. The first-order chi connectivity index (χ1) is 9.23. The van der Waals surface area contributed by atoms with Crippen LogP contribution in [0.1, 0.15) is 13.8 Å². The van der Waals surface area contributed by atoms with Gasteiger partial charge in [-0.25, -0.2) is 0 Å². The van der Waals surface area contributed by atoms with Crippen molar-refractivity contribution in [3.05, 3.63) is 24.3 Å². The number of alkyl halides is 3. The summed E-state index contributed by atoms with van der Waals surface area (Å²) in [5.74, 6) is -0.499. The smallest absolute Gasteiger partial charge is 0.487 e. The number of rotatable bonds is 7. The average Bonchev–Trinajstić information content (AvgIpc) is 2.34. The molecule has 0 saturated heterocycles. The van der Waals surface area contributed by atoms with Crippen molar-refractivity contribution in [2.75, 3.05) is 19.7 Å². The van der Waals surface area contributed by atoms with Crippen LogP contribution >= 0.6 is 0 Å². The molecule has 1 unspecified atom stereocenters. The molecule has 0 aliphatic heterocycles. The lowest BCUT2D eigenvalue weighted by atomic mass is 10.1. The normalized spacial score (nSPS) is 14.7. The number of hydrogen-bond acceptors (Lipinski definition) is 4. The topological polar surface area (TPSA) is 50.7 Å². The fourth-order valence-electron chi connectivity index (χ4n) is 1.46. The van der Waals surface area contributed by atoms with E-state index in [1.165, 1.54) is 25.1 Å². The Hall–Kier alpha value is -1.47. The molecule has 0 spiro atoms. The van der Waals surface area contributed by atoms with Crippen LogP contribution in [-0.4, -0.2) is 36.8 Å². The van der Waals surface area contributed by atoms with Gasteiger partial charge in [-0.05, 0) is 25.6 Å². The van der Waals surface area contributed by atoms with E-state index in [1.54, 1.807) is 0 Å². The van der Waals surface area contributed by atoms with Gasteiger partial charge in [0.1, 0.15) is 12.2 Å². The molecule has 0 saturated carbocycles. The molecule has 0 heterocycles. The van der Waals surface area contributed by atoms with Crippen LogP contribution < -0.4 is 14.8 Å². The van der Waals surface area contributed by atoms with Crippen molar-refractivity contribution in [3.8, 4) is 11.5 Å². The molecule has 0 aliphatic carbocycles. The van der Waals surface area contributed by atoms with Crippen molar-refractivity contribution in [1.29, 1.82) is 0 Å². The first kappa shape index (κ1) is 16.6. The molecule has 0 bridgehead atoms. The number of aliphatic hydroxyl groups is 1. The quantitative estimate of drug-likeness (QED) is 0.810. The fraction of sp³-hybridized carbons (Fsp3) is 0.538. The molecular formula is C13H18F3NO3. The highest BCUT2D eigenvalue weighted by molar-refractivity contribution is 5.39. The first-order valence-electron chi connectivity index (χ1n) is 6.14. The number of ether oxygens (including phenoxy) is 2. The highest BCUT2D eigenvalue weighted by Gasteiger charge is 2.32. The molecule has 4 nitrogen and oxygen atoms in total. The molecule has 0 aromatic heterocycles. The average molecular weight is 293 g/mol. The zero-order valence-electron chi connectivity index (χ0n) is 11.3. The van der Waals surface area contributed by atoms with Gasteiger partial charge in [0, 0.05) is 6.54 Å². The Balaban J connectivity index is 2.68. The van der Waals surface area contributed by atoms with Crippen molar-refractivity contribution >= 4 is 0 Å². The molecule has 0 aliphatic rings. The van der Waals surface area contributed by atoms with Gasteiger partial charge in [-0.1, -0.05) is 19.1 Å². The van der Waals surface area contributed by atoms with Crippen LogP contribution in [0.2, 0.25) is 0 Å². The van der Waals surface area contributed by atoms with E-state index in [0.717, 1.165) is 6.07 Å². The number of likely N-dealkylation sites (N-methyl/N-ethyl adjacent to an activating group) is 1. The molecule has 1 rings (SSSR count). The molecule has 0 radical (unpaired) electrons. The van der Waals surface area contributed by atoms with Gasteiger partial charge in [0.05, 0.1) is 0 Å². The summed E-state index contributed by atoms with van der Waals surface area (Å²) in [5, 5.41) is 12.9. The largest absolute Gasteiger partial charge is 0.573 e. The van der Waals surface area contributed by atoms with E-state index in [9.17, 15) is 18.3 Å². The van der Waals surface area contributed by atoms with Crippen LogP contribution in [0.4, 0.5) is 13.2 Å². The second-order valence-electron chi connectivity index (χ2n) is 4.56. The zero-order chi connectivity index (χ0) is 15.2. The van der Waals surface area contributed by atoms with Crippen LogP contribution in [0.3, 0.4) is 0 Å². The van der Waals surface area contributed by atoms with Gasteiger partial charge in [-0.15, -0.1) is 13.2 Å². The fourth-order valence-corrected chi connectivity index (χ4v) is 1.46. The maximum absolute atomic E-state index is 12.2. The van der Waals surface area contributed by atoms with Gasteiger partial charge in [-0.2, -0.15) is 0 Å². The molecule has 1 aromatic carbocycles. The second-order valence-corrected chi connectivity index (χ2v) is 4.56. The lowest BCUT2D eigenvalue weighted by Gasteiger charge is -2.24. The molecule has 20 heavy (non-hydrogen) atoms. The summed E-state index contributed by atoms with van der Waals surface area (Å²) in [6, 6.07) is 5.44.